The largest absolute Gasteiger partial charge is 0.449 e. The summed E-state index contributed by atoms with van der Waals surface area (Å²) in [5.41, 5.74) is 4.45. The number of rotatable bonds is 20. The van der Waals surface area contributed by atoms with Crippen molar-refractivity contribution in [3.8, 4) is 11.8 Å². The summed E-state index contributed by atoms with van der Waals surface area (Å²) in [6.45, 7) is 8.98. The fraction of sp³-hybridized carbons (Fsp3) is 0.521. The molecule has 62 heavy (non-hydrogen) atoms. The molecule has 3 aromatic carbocycles. The van der Waals surface area contributed by atoms with Crippen molar-refractivity contribution in [1.29, 1.82) is 0 Å². The van der Waals surface area contributed by atoms with Gasteiger partial charge in [-0.05, 0) is 83.4 Å². The molecular weight excluding hydrogens is 805 g/mol. The van der Waals surface area contributed by atoms with Gasteiger partial charge in [0.2, 0.25) is 0 Å². The average Bonchev–Trinajstić information content (AvgIpc) is 3.81. The number of carbonyl (C=O) groups is 3. The maximum absolute atomic E-state index is 13.7. The van der Waals surface area contributed by atoms with Crippen molar-refractivity contribution in [3.63, 3.8) is 0 Å². The monoisotopic (exact) mass is 866 g/mol. The molecule has 2 amide bonds. The lowest BCUT2D eigenvalue weighted by molar-refractivity contribution is -0.00107. The van der Waals surface area contributed by atoms with E-state index in [2.05, 4.69) is 81.8 Å². The van der Waals surface area contributed by atoms with Crippen LogP contribution in [0, 0.1) is 29.6 Å². The molecule has 0 aromatic heterocycles. The first kappa shape index (κ1) is 45.1. The third-order valence-electron chi connectivity index (χ3n) is 12.7. The number of hydrogen-bond donors (Lipinski definition) is 2. The van der Waals surface area contributed by atoms with Crippen molar-refractivity contribution < 1.29 is 42.8 Å². The van der Waals surface area contributed by atoms with Crippen molar-refractivity contribution in [2.45, 2.75) is 44.4 Å². The molecule has 0 radical (unpaired) electrons. The summed E-state index contributed by atoms with van der Waals surface area (Å²) in [4.78, 5) is 43.4. The minimum atomic E-state index is -2.29. The van der Waals surface area contributed by atoms with Crippen LogP contribution in [0.3, 0.4) is 0 Å². The summed E-state index contributed by atoms with van der Waals surface area (Å²) >= 11 is 0. The molecule has 1 unspecified atom stereocenters. The van der Waals surface area contributed by atoms with E-state index in [-0.39, 0.29) is 5.91 Å². The number of carbonyl (C=O) groups excluding carboxylic acids is 3. The molecule has 2 N–H and O–H groups in total. The van der Waals surface area contributed by atoms with E-state index in [1.54, 1.807) is 12.1 Å². The quantitative estimate of drug-likeness (QED) is 0.0726. The van der Waals surface area contributed by atoms with Crippen LogP contribution in [-0.4, -0.2) is 127 Å². The fourth-order valence-electron chi connectivity index (χ4n) is 9.19. The molecule has 332 valence electrons. The molecule has 2 aliphatic heterocycles. The van der Waals surface area contributed by atoms with E-state index >= 15 is 0 Å². The predicted molar refractivity (Wildman–Crippen MR) is 242 cm³/mol. The van der Waals surface area contributed by atoms with Gasteiger partial charge in [0.15, 0.2) is 5.60 Å². The van der Waals surface area contributed by atoms with Crippen LogP contribution in [-0.2, 0) is 34.0 Å². The van der Waals surface area contributed by atoms with Crippen LogP contribution in [0.25, 0.3) is 0 Å². The fourth-order valence-corrected chi connectivity index (χ4v) is 12.4. The third kappa shape index (κ3) is 9.82. The van der Waals surface area contributed by atoms with Crippen molar-refractivity contribution in [2.75, 3.05) is 111 Å². The number of amides is 2. The van der Waals surface area contributed by atoms with Crippen molar-refractivity contribution in [3.05, 3.63) is 82.4 Å². The van der Waals surface area contributed by atoms with E-state index in [1.165, 1.54) is 10.4 Å². The Balaban J connectivity index is 0.802. The second-order valence-electron chi connectivity index (χ2n) is 17.4. The van der Waals surface area contributed by atoms with Gasteiger partial charge >= 0.3 is 12.1 Å². The molecule has 3 atom stereocenters. The van der Waals surface area contributed by atoms with Gasteiger partial charge in [-0.3, -0.25) is 4.79 Å². The summed E-state index contributed by atoms with van der Waals surface area (Å²) in [7, 11) is 5.83. The Kier molecular flexibility index (Phi) is 14.6. The van der Waals surface area contributed by atoms with E-state index in [4.69, 9.17) is 28.4 Å². The van der Waals surface area contributed by atoms with E-state index in [1.807, 2.05) is 34.3 Å². The standard InChI is InChI=1S/C48H62N4O9Si/c1-51(2)34-14-17-40-43(30-34)62(5,6)44-31-35(52(3)4)15-18-41(44)48(40)42-29-33(13-16-38(42)46(54)61-48)45(53)49-19-21-56-23-25-58-27-28-59-26-24-57-22-20-50-47(55)60-32-39-36-11-9-7-8-10-12-37(36)39/h13-18,29-31,36-37,39H,9-12,19-28,32H2,1-6H3,(H,49,53)(H,50,55)/t36-,37+,39?. The third-order valence-corrected chi connectivity index (χ3v) is 16.2. The maximum Gasteiger partial charge on any atom is 0.407 e. The zero-order valence-corrected chi connectivity index (χ0v) is 38.1. The summed E-state index contributed by atoms with van der Waals surface area (Å²) in [6, 6.07) is 18.0. The van der Waals surface area contributed by atoms with Crippen LogP contribution >= 0.6 is 0 Å². The number of hydrogen-bond acceptors (Lipinski definition) is 11. The Morgan fingerprint density at radius 3 is 1.76 bits per heavy atom. The zero-order valence-electron chi connectivity index (χ0n) is 37.1. The van der Waals surface area contributed by atoms with Crippen LogP contribution in [0.1, 0.15) is 63.1 Å². The first-order chi connectivity index (χ1) is 29.9. The first-order valence-corrected chi connectivity index (χ1v) is 24.9. The molecule has 0 bridgehead atoms. The topological polar surface area (TPSA) is 137 Å². The lowest BCUT2D eigenvalue weighted by atomic mass is 9.78. The van der Waals surface area contributed by atoms with Crippen LogP contribution < -0.4 is 30.8 Å². The molecule has 2 heterocycles. The number of nitrogens with zero attached hydrogens (tertiary/aromatic N) is 2. The predicted octanol–water partition coefficient (Wildman–Crippen LogP) is 4.38. The molecule has 3 aromatic rings. The number of anilines is 2. The smallest absolute Gasteiger partial charge is 0.407 e. The van der Waals surface area contributed by atoms with Gasteiger partial charge in [0.25, 0.3) is 5.91 Å². The Bertz CT molecular complexity index is 2090. The molecule has 13 nitrogen and oxygen atoms in total. The summed E-state index contributed by atoms with van der Waals surface area (Å²) < 4.78 is 34.4. The van der Waals surface area contributed by atoms with Crippen LogP contribution in [0.2, 0.25) is 13.1 Å². The SMILES string of the molecule is CN(C)c1ccc2c(c1)[Si](C)(C)c1cc(N(C)C)ccc1C21OC(=O)c2ccc(C(=O)NCCOCCOCCOCCOCCNC(=O)OCC3[C@H]4CCC#CCC[C@@H]34)cc21. The van der Waals surface area contributed by atoms with Gasteiger partial charge in [0.1, 0.15) is 8.07 Å². The highest BCUT2D eigenvalue weighted by molar-refractivity contribution is 7.01. The van der Waals surface area contributed by atoms with Crippen LogP contribution in [0.4, 0.5) is 16.2 Å². The molecule has 1 saturated carbocycles. The number of esters is 1. The highest BCUT2D eigenvalue weighted by Crippen LogP contribution is 2.52. The second-order valence-corrected chi connectivity index (χ2v) is 21.7. The number of alkyl carbamates (subject to hydrolysis) is 1. The van der Waals surface area contributed by atoms with Crippen molar-refractivity contribution in [1.82, 2.24) is 10.6 Å². The van der Waals surface area contributed by atoms with Crippen molar-refractivity contribution in [2.24, 2.45) is 17.8 Å². The molecule has 1 fully saturated rings. The Morgan fingerprint density at radius 1 is 0.710 bits per heavy atom. The number of nitrogens with one attached hydrogen (secondary N) is 2. The molecule has 1 spiro atoms. The highest BCUT2D eigenvalue weighted by Gasteiger charge is 2.56. The molecule has 14 heteroatoms. The van der Waals surface area contributed by atoms with Crippen LogP contribution in [0.5, 0.6) is 0 Å². The number of benzene rings is 3. The van der Waals surface area contributed by atoms with Gasteiger partial charge in [0, 0.05) is 87.8 Å². The lowest BCUT2D eigenvalue weighted by Crippen LogP contribution is -2.63. The summed E-state index contributed by atoms with van der Waals surface area (Å²) in [6.07, 6.45) is 3.72. The van der Waals surface area contributed by atoms with Gasteiger partial charge < -0.3 is 48.9 Å². The maximum atomic E-state index is 13.7. The minimum absolute atomic E-state index is 0.262. The van der Waals surface area contributed by atoms with Gasteiger partial charge in [-0.25, -0.2) is 9.59 Å². The molecular formula is C48H62N4O9Si. The Labute approximate surface area is 367 Å². The summed E-state index contributed by atoms with van der Waals surface area (Å²) in [5, 5.41) is 8.10. The molecule has 0 saturated heterocycles. The van der Waals surface area contributed by atoms with Crippen molar-refractivity contribution >= 4 is 47.8 Å². The van der Waals surface area contributed by atoms with Gasteiger partial charge in [-0.2, -0.15) is 0 Å². The average molecular weight is 867 g/mol. The van der Waals surface area contributed by atoms with E-state index in [0.717, 1.165) is 48.2 Å². The van der Waals surface area contributed by atoms with Crippen LogP contribution in [0.15, 0.2) is 54.6 Å². The van der Waals surface area contributed by atoms with Gasteiger partial charge in [0.05, 0.1) is 65.0 Å². The Hall–Kier alpha value is -4.91. The zero-order chi connectivity index (χ0) is 43.9. The molecule has 7 rings (SSSR count). The highest BCUT2D eigenvalue weighted by atomic mass is 28.3. The normalized spacial score (nSPS) is 19.6. The molecule has 2 aliphatic carbocycles. The minimum Gasteiger partial charge on any atom is -0.449 e. The van der Waals surface area contributed by atoms with Gasteiger partial charge in [-0.15, -0.1) is 11.8 Å². The second kappa shape index (κ2) is 20.1. The first-order valence-electron chi connectivity index (χ1n) is 21.9. The van der Waals surface area contributed by atoms with E-state index < -0.39 is 25.7 Å². The molecule has 4 aliphatic rings. The Morgan fingerprint density at radius 2 is 1.23 bits per heavy atom. The summed E-state index contributed by atoms with van der Waals surface area (Å²) in [5.74, 6) is 7.53. The van der Waals surface area contributed by atoms with E-state index in [9.17, 15) is 14.4 Å². The van der Waals surface area contributed by atoms with E-state index in [0.29, 0.717) is 107 Å². The van der Waals surface area contributed by atoms with Gasteiger partial charge in [-0.1, -0.05) is 25.2 Å². The lowest BCUT2D eigenvalue weighted by Gasteiger charge is -2.44. The number of ether oxygens (including phenoxy) is 6. The number of fused-ring (bicyclic) bond motifs is 7.